The van der Waals surface area contributed by atoms with Gasteiger partial charge in [0, 0.05) is 24.1 Å². The van der Waals surface area contributed by atoms with E-state index in [9.17, 15) is 0 Å². The van der Waals surface area contributed by atoms with E-state index in [0.717, 1.165) is 35.6 Å². The Morgan fingerprint density at radius 1 is 0.931 bits per heavy atom. The van der Waals surface area contributed by atoms with Crippen LogP contribution in [0.1, 0.15) is 30.0 Å². The Hall–Kier alpha value is -2.52. The van der Waals surface area contributed by atoms with Crippen molar-refractivity contribution in [3.8, 4) is 16.9 Å². The molecule has 1 radical (unpaired) electrons. The van der Waals surface area contributed by atoms with Crippen LogP contribution in [-0.4, -0.2) is 38.8 Å². The number of hydrogen-bond donors (Lipinski definition) is 0. The Balaban J connectivity index is 2.06. The van der Waals surface area contributed by atoms with E-state index in [-0.39, 0.29) is 0 Å². The van der Waals surface area contributed by atoms with Gasteiger partial charge < -0.3 is 14.4 Å². The molecule has 0 spiro atoms. The summed E-state index contributed by atoms with van der Waals surface area (Å²) >= 11 is 0. The molecule has 1 aliphatic carbocycles. The van der Waals surface area contributed by atoms with Crippen molar-refractivity contribution in [1.82, 2.24) is 4.90 Å². The molecule has 3 nitrogen and oxygen atoms in total. The molecule has 0 aromatic heterocycles. The topological polar surface area (TPSA) is 21.7 Å². The van der Waals surface area contributed by atoms with Gasteiger partial charge in [0.25, 0.3) is 0 Å². The molecule has 0 heterocycles. The number of rotatable bonds is 8. The highest BCUT2D eigenvalue weighted by molar-refractivity contribution is 5.84. The number of hydrogen-bond acceptors (Lipinski definition) is 3. The van der Waals surface area contributed by atoms with Crippen LogP contribution in [0, 0.1) is 20.3 Å². The second kappa shape index (κ2) is 9.80. The molecule has 0 amide bonds. The lowest BCUT2D eigenvalue weighted by Crippen LogP contribution is -2.19. The van der Waals surface area contributed by atoms with E-state index in [4.69, 9.17) is 9.47 Å². The summed E-state index contributed by atoms with van der Waals surface area (Å²) < 4.78 is 12.1. The maximum atomic E-state index is 6.19. The Bertz CT molecular complexity index is 889. The van der Waals surface area contributed by atoms with Gasteiger partial charge in [-0.1, -0.05) is 47.5 Å². The van der Waals surface area contributed by atoms with E-state index in [0.29, 0.717) is 13.2 Å². The molecule has 0 atom stereocenters. The highest BCUT2D eigenvalue weighted by atomic mass is 16.5. The molecule has 3 rings (SSSR count). The molecule has 3 heteroatoms. The number of benzene rings is 2. The smallest absolute Gasteiger partial charge is 0.127 e. The summed E-state index contributed by atoms with van der Waals surface area (Å²) in [7, 11) is 4.12. The molecule has 0 aliphatic heterocycles. The van der Waals surface area contributed by atoms with Crippen molar-refractivity contribution in [1.29, 1.82) is 0 Å². The van der Waals surface area contributed by atoms with Crippen LogP contribution >= 0.6 is 0 Å². The van der Waals surface area contributed by atoms with Crippen molar-refractivity contribution in [3.05, 3.63) is 77.4 Å². The minimum atomic E-state index is 0.646. The van der Waals surface area contributed by atoms with Gasteiger partial charge in [0.2, 0.25) is 0 Å². The van der Waals surface area contributed by atoms with Crippen molar-refractivity contribution in [3.63, 3.8) is 0 Å². The van der Waals surface area contributed by atoms with Gasteiger partial charge >= 0.3 is 0 Å². The number of allylic oxidation sites excluding steroid dienone is 4. The summed E-state index contributed by atoms with van der Waals surface area (Å²) in [5.41, 5.74) is 7.13. The fourth-order valence-electron chi connectivity index (χ4n) is 3.59. The molecule has 153 valence electrons. The largest absolute Gasteiger partial charge is 0.497 e. The van der Waals surface area contributed by atoms with Crippen LogP contribution in [0.4, 0.5) is 0 Å². The quantitative estimate of drug-likeness (QED) is 0.567. The fraction of sp³-hybridized carbons (Fsp3) is 0.346. The number of aryl methyl sites for hydroxylation is 2. The molecule has 0 bridgehead atoms. The number of nitrogens with zero attached hydrogens (tertiary/aromatic N) is 1. The van der Waals surface area contributed by atoms with Crippen LogP contribution in [0.3, 0.4) is 0 Å². The van der Waals surface area contributed by atoms with Crippen LogP contribution in [0.2, 0.25) is 0 Å². The molecule has 29 heavy (non-hydrogen) atoms. The maximum absolute atomic E-state index is 6.19. The molecule has 0 N–H and O–H groups in total. The summed E-state index contributed by atoms with van der Waals surface area (Å²) in [5.74, 6) is 1.83. The van der Waals surface area contributed by atoms with E-state index in [2.05, 4.69) is 87.8 Å². The van der Waals surface area contributed by atoms with Gasteiger partial charge in [0.1, 0.15) is 18.1 Å². The SMILES string of the molecule is CCOC1=C(c2cc(-c3cc(C)cc(C)c3)ccc2OCCN(C)C)C=CC[CH]1. The van der Waals surface area contributed by atoms with Crippen molar-refractivity contribution in [2.45, 2.75) is 27.2 Å². The van der Waals surface area contributed by atoms with Gasteiger partial charge in [-0.2, -0.15) is 0 Å². The number of likely N-dealkylation sites (N-methyl/N-ethyl adjacent to an activating group) is 1. The summed E-state index contributed by atoms with van der Waals surface area (Å²) in [4.78, 5) is 2.13. The standard InChI is InChI=1S/C26H32NO2/c1-6-28-25-10-8-7-9-23(25)24-18-21(22-16-19(2)15-20(3)17-22)11-12-26(24)29-14-13-27(4)5/h7,9-12,15-18H,6,8,13-14H2,1-5H3. The maximum Gasteiger partial charge on any atom is 0.127 e. The average molecular weight is 391 g/mol. The summed E-state index contributed by atoms with van der Waals surface area (Å²) in [5, 5.41) is 0. The monoisotopic (exact) mass is 390 g/mol. The molecular weight excluding hydrogens is 358 g/mol. The Labute approximate surface area is 175 Å². The van der Waals surface area contributed by atoms with Gasteiger partial charge in [0.15, 0.2) is 0 Å². The predicted molar refractivity (Wildman–Crippen MR) is 122 cm³/mol. The van der Waals surface area contributed by atoms with Gasteiger partial charge in [-0.3, -0.25) is 0 Å². The molecule has 0 unspecified atom stereocenters. The third kappa shape index (κ3) is 5.51. The van der Waals surface area contributed by atoms with Crippen LogP contribution in [-0.2, 0) is 4.74 Å². The fourth-order valence-corrected chi connectivity index (χ4v) is 3.59. The second-order valence-corrected chi connectivity index (χ2v) is 7.79. The third-order valence-electron chi connectivity index (χ3n) is 4.91. The zero-order valence-corrected chi connectivity index (χ0v) is 18.3. The van der Waals surface area contributed by atoms with Crippen LogP contribution in [0.25, 0.3) is 16.7 Å². The highest BCUT2D eigenvalue weighted by Gasteiger charge is 2.17. The van der Waals surface area contributed by atoms with Crippen LogP contribution < -0.4 is 4.74 Å². The second-order valence-electron chi connectivity index (χ2n) is 7.79. The molecule has 2 aromatic rings. The molecule has 0 saturated carbocycles. The predicted octanol–water partition coefficient (Wildman–Crippen LogP) is 5.82. The number of ether oxygens (including phenoxy) is 2. The first kappa shape index (κ1) is 21.2. The summed E-state index contributed by atoms with van der Waals surface area (Å²) in [6.45, 7) is 8.48. The molecule has 1 aliphatic rings. The lowest BCUT2D eigenvalue weighted by Gasteiger charge is -2.20. The lowest BCUT2D eigenvalue weighted by atomic mass is 9.93. The van der Waals surface area contributed by atoms with E-state index in [1.807, 2.05) is 6.92 Å². The molecular formula is C26H32NO2. The van der Waals surface area contributed by atoms with E-state index in [1.54, 1.807) is 0 Å². The van der Waals surface area contributed by atoms with Gasteiger partial charge in [-0.05, 0) is 64.5 Å². The van der Waals surface area contributed by atoms with Crippen molar-refractivity contribution in [2.24, 2.45) is 0 Å². The van der Waals surface area contributed by atoms with Crippen molar-refractivity contribution < 1.29 is 9.47 Å². The summed E-state index contributed by atoms with van der Waals surface area (Å²) in [6, 6.07) is 13.2. The van der Waals surface area contributed by atoms with Crippen molar-refractivity contribution >= 4 is 5.57 Å². The lowest BCUT2D eigenvalue weighted by molar-refractivity contribution is 0.236. The Morgan fingerprint density at radius 3 is 2.38 bits per heavy atom. The summed E-state index contributed by atoms with van der Waals surface area (Å²) in [6.07, 6.45) is 7.37. The Morgan fingerprint density at radius 2 is 1.69 bits per heavy atom. The van der Waals surface area contributed by atoms with Crippen LogP contribution in [0.5, 0.6) is 5.75 Å². The third-order valence-corrected chi connectivity index (χ3v) is 4.91. The van der Waals surface area contributed by atoms with Crippen LogP contribution in [0.15, 0.2) is 54.3 Å². The molecule has 0 fully saturated rings. The van der Waals surface area contributed by atoms with E-state index in [1.165, 1.54) is 22.3 Å². The normalized spacial score (nSPS) is 13.9. The van der Waals surface area contributed by atoms with Gasteiger partial charge in [-0.15, -0.1) is 0 Å². The first-order valence-corrected chi connectivity index (χ1v) is 10.4. The molecule has 2 aromatic carbocycles. The average Bonchev–Trinajstić information content (AvgIpc) is 2.68. The zero-order chi connectivity index (χ0) is 20.8. The highest BCUT2D eigenvalue weighted by Crippen LogP contribution is 2.37. The van der Waals surface area contributed by atoms with E-state index >= 15 is 0 Å². The minimum absolute atomic E-state index is 0.646. The minimum Gasteiger partial charge on any atom is -0.497 e. The molecule has 0 saturated heterocycles. The van der Waals surface area contributed by atoms with Gasteiger partial charge in [-0.25, -0.2) is 0 Å². The van der Waals surface area contributed by atoms with Gasteiger partial charge in [0.05, 0.1) is 6.61 Å². The van der Waals surface area contributed by atoms with Crippen molar-refractivity contribution in [2.75, 3.05) is 33.9 Å². The first-order valence-electron chi connectivity index (χ1n) is 10.4. The van der Waals surface area contributed by atoms with E-state index < -0.39 is 0 Å². The first-order chi connectivity index (χ1) is 14.0. The Kier molecular flexibility index (Phi) is 7.16. The zero-order valence-electron chi connectivity index (χ0n) is 18.3.